The Hall–Kier alpha value is -0.523. The summed E-state index contributed by atoms with van der Waals surface area (Å²) in [6.45, 7) is 17.6. The van der Waals surface area contributed by atoms with Gasteiger partial charge >= 0.3 is 0 Å². The Morgan fingerprint density at radius 2 is 1.50 bits per heavy atom. The lowest BCUT2D eigenvalue weighted by Gasteiger charge is -2.38. The summed E-state index contributed by atoms with van der Waals surface area (Å²) >= 11 is 0. The first-order valence-electron chi connectivity index (χ1n) is 8.12. The van der Waals surface area contributed by atoms with Gasteiger partial charge in [-0.1, -0.05) is 66.5 Å². The highest BCUT2D eigenvalue weighted by Gasteiger charge is 2.41. The fraction of sp³-hybridized carbons (Fsp3) is 0.778. The Balaban J connectivity index is 4.48. The van der Waals surface area contributed by atoms with E-state index in [9.17, 15) is 0 Å². The van der Waals surface area contributed by atoms with Gasteiger partial charge in [0.15, 0.2) is 0 Å². The van der Waals surface area contributed by atoms with E-state index in [1.54, 1.807) is 0 Å². The molecule has 0 aliphatic carbocycles. The third kappa shape index (κ3) is 5.85. The molecule has 0 amide bonds. The summed E-state index contributed by atoms with van der Waals surface area (Å²) < 4.78 is 5.61. The van der Waals surface area contributed by atoms with E-state index >= 15 is 0 Å². The molecule has 0 bridgehead atoms. The number of hydrogen-bond acceptors (Lipinski definition) is 1. The Bertz CT molecular complexity index is 309. The summed E-state index contributed by atoms with van der Waals surface area (Å²) in [7, 11) is -1.56. The number of ether oxygens (including phenoxy) is 1. The lowest BCUT2D eigenvalue weighted by molar-refractivity contribution is 0.172. The first kappa shape index (κ1) is 19.5. The van der Waals surface area contributed by atoms with Gasteiger partial charge in [-0.25, -0.2) is 0 Å². The molecule has 0 unspecified atom stereocenters. The van der Waals surface area contributed by atoms with Crippen LogP contribution in [0.2, 0.25) is 16.6 Å². The first-order valence-corrected chi connectivity index (χ1v) is 10.4. The maximum Gasteiger partial charge on any atom is 0.146 e. The van der Waals surface area contributed by atoms with Crippen LogP contribution in [0.3, 0.4) is 0 Å². The highest BCUT2D eigenvalue weighted by atomic mass is 28.3. The minimum atomic E-state index is -1.56. The number of rotatable bonds is 8. The van der Waals surface area contributed by atoms with E-state index in [1.807, 2.05) is 0 Å². The zero-order valence-electron chi connectivity index (χ0n) is 14.6. The molecule has 0 aromatic rings. The van der Waals surface area contributed by atoms with E-state index in [0.29, 0.717) is 23.2 Å². The van der Waals surface area contributed by atoms with Gasteiger partial charge in [-0.3, -0.25) is 0 Å². The zero-order chi connectivity index (χ0) is 15.6. The number of hydrogen-bond donors (Lipinski definition) is 0. The van der Waals surface area contributed by atoms with E-state index in [-0.39, 0.29) is 0 Å². The van der Waals surface area contributed by atoms with Gasteiger partial charge < -0.3 is 4.74 Å². The van der Waals surface area contributed by atoms with Gasteiger partial charge in [-0.05, 0) is 29.5 Å². The summed E-state index contributed by atoms with van der Waals surface area (Å²) in [4.78, 5) is 0. The Morgan fingerprint density at radius 3 is 1.95 bits per heavy atom. The fourth-order valence-corrected chi connectivity index (χ4v) is 8.43. The van der Waals surface area contributed by atoms with Crippen molar-refractivity contribution in [1.29, 1.82) is 0 Å². The van der Waals surface area contributed by atoms with Gasteiger partial charge in [0, 0.05) is 0 Å². The monoisotopic (exact) mass is 294 g/mol. The van der Waals surface area contributed by atoms with Crippen LogP contribution in [0, 0.1) is 11.5 Å². The molecule has 0 spiro atoms. The maximum absolute atomic E-state index is 5.61. The van der Waals surface area contributed by atoms with E-state index in [2.05, 4.69) is 72.1 Å². The van der Waals surface area contributed by atoms with Crippen molar-refractivity contribution in [2.45, 2.75) is 77.9 Å². The molecule has 0 aliphatic heterocycles. The summed E-state index contributed by atoms with van der Waals surface area (Å²) in [6, 6.07) is 0. The molecule has 0 heterocycles. The second-order valence-corrected chi connectivity index (χ2v) is 12.0. The lowest BCUT2D eigenvalue weighted by atomic mass is 10.3. The Morgan fingerprint density at radius 1 is 0.950 bits per heavy atom. The highest BCUT2D eigenvalue weighted by molar-refractivity contribution is 6.90. The standard InChI is InChI=1S/C18H34OSi/c1-8-9-10-11-13-19-14-12-15-20(16(2)3,17(4)5)18(6)7/h9-10,16-18H,8,11,13-14H2,1-7H3/b10-9-. The van der Waals surface area contributed by atoms with Crippen molar-refractivity contribution in [2.24, 2.45) is 0 Å². The predicted molar refractivity (Wildman–Crippen MR) is 93.7 cm³/mol. The van der Waals surface area contributed by atoms with Crippen LogP contribution in [-0.4, -0.2) is 21.3 Å². The molecule has 0 N–H and O–H groups in total. The SMILES string of the molecule is CC/C=C\CCOCC#C[Si](C(C)C)(C(C)C)C(C)C. The van der Waals surface area contributed by atoms with Crippen molar-refractivity contribution in [3.05, 3.63) is 12.2 Å². The molecular formula is C18H34OSi. The second kappa shape index (κ2) is 10.2. The molecular weight excluding hydrogens is 260 g/mol. The van der Waals surface area contributed by atoms with Crippen molar-refractivity contribution >= 4 is 8.07 Å². The van der Waals surface area contributed by atoms with Crippen molar-refractivity contribution in [3.63, 3.8) is 0 Å². The molecule has 0 saturated carbocycles. The van der Waals surface area contributed by atoms with Gasteiger partial charge in [0.05, 0.1) is 6.61 Å². The molecule has 20 heavy (non-hydrogen) atoms. The van der Waals surface area contributed by atoms with Gasteiger partial charge in [-0.2, -0.15) is 0 Å². The predicted octanol–water partition coefficient (Wildman–Crippen LogP) is 5.58. The van der Waals surface area contributed by atoms with Crippen molar-refractivity contribution in [2.75, 3.05) is 13.2 Å². The van der Waals surface area contributed by atoms with Crippen LogP contribution in [0.15, 0.2) is 12.2 Å². The van der Waals surface area contributed by atoms with Crippen molar-refractivity contribution in [3.8, 4) is 11.5 Å². The molecule has 116 valence electrons. The summed E-state index contributed by atoms with van der Waals surface area (Å²) in [5, 5.41) is 0. The Labute approximate surface area is 128 Å². The van der Waals surface area contributed by atoms with Crippen molar-refractivity contribution in [1.82, 2.24) is 0 Å². The fourth-order valence-electron chi connectivity index (χ4n) is 3.18. The molecule has 1 nitrogen and oxygen atoms in total. The van der Waals surface area contributed by atoms with Crippen LogP contribution < -0.4 is 0 Å². The molecule has 2 heteroatoms. The second-order valence-electron chi connectivity index (χ2n) is 6.42. The highest BCUT2D eigenvalue weighted by Crippen LogP contribution is 2.40. The number of allylic oxidation sites excluding steroid dienone is 1. The lowest BCUT2D eigenvalue weighted by Crippen LogP contribution is -2.43. The minimum Gasteiger partial charge on any atom is -0.368 e. The topological polar surface area (TPSA) is 9.23 Å². The maximum atomic E-state index is 5.61. The summed E-state index contributed by atoms with van der Waals surface area (Å²) in [6.07, 6.45) is 6.47. The van der Waals surface area contributed by atoms with E-state index in [1.165, 1.54) is 0 Å². The molecule has 0 fully saturated rings. The van der Waals surface area contributed by atoms with E-state index in [4.69, 9.17) is 4.74 Å². The molecule has 0 rings (SSSR count). The average Bonchev–Trinajstić information content (AvgIpc) is 2.35. The molecule has 0 aromatic carbocycles. The Kier molecular flexibility index (Phi) is 9.97. The first-order chi connectivity index (χ1) is 9.39. The molecule has 0 aromatic heterocycles. The van der Waals surface area contributed by atoms with Gasteiger partial charge in [-0.15, -0.1) is 5.54 Å². The molecule has 0 saturated heterocycles. The average molecular weight is 295 g/mol. The smallest absolute Gasteiger partial charge is 0.146 e. The van der Waals surface area contributed by atoms with E-state index in [0.717, 1.165) is 19.4 Å². The third-order valence-electron chi connectivity index (χ3n) is 4.18. The summed E-state index contributed by atoms with van der Waals surface area (Å²) in [5.41, 5.74) is 5.77. The molecule has 0 aliphatic rings. The molecule has 0 atom stereocenters. The zero-order valence-corrected chi connectivity index (χ0v) is 15.6. The van der Waals surface area contributed by atoms with Gasteiger partial charge in [0.25, 0.3) is 0 Å². The van der Waals surface area contributed by atoms with Gasteiger partial charge in [0.2, 0.25) is 0 Å². The minimum absolute atomic E-state index is 0.584. The normalized spacial score (nSPS) is 12.5. The molecule has 0 radical (unpaired) electrons. The summed E-state index contributed by atoms with van der Waals surface area (Å²) in [5.74, 6) is 3.33. The van der Waals surface area contributed by atoms with Crippen LogP contribution in [0.4, 0.5) is 0 Å². The van der Waals surface area contributed by atoms with Crippen LogP contribution in [0.5, 0.6) is 0 Å². The van der Waals surface area contributed by atoms with Crippen molar-refractivity contribution < 1.29 is 4.74 Å². The third-order valence-corrected chi connectivity index (χ3v) is 10.5. The van der Waals surface area contributed by atoms with E-state index < -0.39 is 8.07 Å². The van der Waals surface area contributed by atoms with Crippen LogP contribution in [0.25, 0.3) is 0 Å². The van der Waals surface area contributed by atoms with Crippen LogP contribution in [-0.2, 0) is 4.74 Å². The van der Waals surface area contributed by atoms with Crippen LogP contribution in [0.1, 0.15) is 61.3 Å². The largest absolute Gasteiger partial charge is 0.368 e. The van der Waals surface area contributed by atoms with Crippen LogP contribution >= 0.6 is 0 Å². The van der Waals surface area contributed by atoms with Gasteiger partial charge in [0.1, 0.15) is 14.7 Å². The quantitative estimate of drug-likeness (QED) is 0.246.